The molecule has 0 amide bonds. The third kappa shape index (κ3) is 2.97. The molecule has 0 saturated heterocycles. The first-order valence-corrected chi connectivity index (χ1v) is 11.5. The topological polar surface area (TPSA) is 43.3 Å². The van der Waals surface area contributed by atoms with Gasteiger partial charge in [-0.25, -0.2) is 4.98 Å². The van der Waals surface area contributed by atoms with Gasteiger partial charge < -0.3 is 4.42 Å². The van der Waals surface area contributed by atoms with E-state index in [0.717, 1.165) is 45.6 Å². The summed E-state index contributed by atoms with van der Waals surface area (Å²) in [6, 6.07) is 18.6. The van der Waals surface area contributed by atoms with Crippen LogP contribution in [0.4, 0.5) is 0 Å². The number of nitrogens with zero attached hydrogens (tertiary/aromatic N) is 3. The molecule has 1 fully saturated rings. The van der Waals surface area contributed by atoms with E-state index in [2.05, 4.69) is 47.7 Å². The van der Waals surface area contributed by atoms with Gasteiger partial charge in [-0.15, -0.1) is 0 Å². The van der Waals surface area contributed by atoms with Crippen LogP contribution in [-0.4, -0.2) is 15.3 Å². The van der Waals surface area contributed by atoms with Crippen molar-refractivity contribution >= 4 is 17.3 Å². The SMILES string of the molecule is CC1CC(C)(c2ccc3c(c2)C(c2ccccc2Cl)=NCc2c(-c4ccco4)ncn2-3)C1. The van der Waals surface area contributed by atoms with Gasteiger partial charge in [0.15, 0.2) is 5.76 Å². The van der Waals surface area contributed by atoms with Gasteiger partial charge in [0.25, 0.3) is 0 Å². The number of fused-ring (bicyclic) bond motifs is 3. The lowest BCUT2D eigenvalue weighted by atomic mass is 9.60. The number of rotatable bonds is 3. The standard InChI is InChI=1S/C27H24ClN3O/c1-17-13-27(2,14-17)18-9-10-22-20(12-18)25(19-6-3-4-7-21(19)28)29-15-23-26(30-16-31(22)23)24-8-5-11-32-24/h3-12,16-17H,13-15H2,1-2H3. The minimum Gasteiger partial charge on any atom is -0.463 e. The Morgan fingerprint density at radius 2 is 1.91 bits per heavy atom. The maximum absolute atomic E-state index is 6.65. The smallest absolute Gasteiger partial charge is 0.154 e. The molecule has 4 aromatic rings. The summed E-state index contributed by atoms with van der Waals surface area (Å²) in [4.78, 5) is 9.77. The van der Waals surface area contributed by atoms with Crippen molar-refractivity contribution in [2.75, 3.05) is 0 Å². The van der Waals surface area contributed by atoms with Crippen molar-refractivity contribution in [1.82, 2.24) is 9.55 Å². The molecule has 6 rings (SSSR count). The monoisotopic (exact) mass is 441 g/mol. The molecule has 2 aromatic carbocycles. The number of aromatic nitrogens is 2. The summed E-state index contributed by atoms with van der Waals surface area (Å²) >= 11 is 6.65. The third-order valence-corrected chi connectivity index (χ3v) is 7.27. The maximum atomic E-state index is 6.65. The van der Waals surface area contributed by atoms with Gasteiger partial charge in [0.2, 0.25) is 0 Å². The fourth-order valence-electron chi connectivity index (χ4n) is 5.50. The van der Waals surface area contributed by atoms with Crippen molar-refractivity contribution in [3.05, 3.63) is 94.6 Å². The van der Waals surface area contributed by atoms with Gasteiger partial charge >= 0.3 is 0 Å². The lowest BCUT2D eigenvalue weighted by Crippen LogP contribution is -2.37. The number of aliphatic imine (C=N–C) groups is 1. The highest BCUT2D eigenvalue weighted by atomic mass is 35.5. The zero-order valence-electron chi connectivity index (χ0n) is 18.2. The van der Waals surface area contributed by atoms with Crippen molar-refractivity contribution in [1.29, 1.82) is 0 Å². The van der Waals surface area contributed by atoms with Crippen LogP contribution in [0.25, 0.3) is 17.1 Å². The Labute approximate surface area is 192 Å². The molecule has 0 radical (unpaired) electrons. The molecule has 1 saturated carbocycles. The summed E-state index contributed by atoms with van der Waals surface area (Å²) < 4.78 is 7.80. The van der Waals surface area contributed by atoms with Crippen molar-refractivity contribution in [3.8, 4) is 17.1 Å². The zero-order valence-corrected chi connectivity index (χ0v) is 18.9. The number of imidazole rings is 1. The van der Waals surface area contributed by atoms with Crippen LogP contribution in [0.15, 0.2) is 76.6 Å². The van der Waals surface area contributed by atoms with E-state index in [9.17, 15) is 0 Å². The second-order valence-corrected chi connectivity index (χ2v) is 9.75. The average Bonchev–Trinajstić information content (AvgIpc) is 3.41. The van der Waals surface area contributed by atoms with Crippen LogP contribution in [0, 0.1) is 5.92 Å². The molecule has 0 N–H and O–H groups in total. The third-order valence-electron chi connectivity index (χ3n) is 6.94. The van der Waals surface area contributed by atoms with E-state index in [4.69, 9.17) is 21.0 Å². The largest absolute Gasteiger partial charge is 0.463 e. The van der Waals surface area contributed by atoms with Crippen molar-refractivity contribution < 1.29 is 4.42 Å². The molecule has 5 heteroatoms. The maximum Gasteiger partial charge on any atom is 0.154 e. The number of hydrogen-bond acceptors (Lipinski definition) is 3. The first-order valence-electron chi connectivity index (χ1n) is 11.1. The second kappa shape index (κ2) is 7.21. The van der Waals surface area contributed by atoms with Gasteiger partial charge in [0.05, 0.1) is 29.9 Å². The number of hydrogen-bond donors (Lipinski definition) is 0. The molecule has 2 aromatic heterocycles. The van der Waals surface area contributed by atoms with Gasteiger partial charge in [-0.2, -0.15) is 0 Å². The highest BCUT2D eigenvalue weighted by Gasteiger charge is 2.39. The number of furan rings is 1. The van der Waals surface area contributed by atoms with Crippen molar-refractivity contribution in [2.45, 2.75) is 38.6 Å². The molecule has 0 spiro atoms. The first kappa shape index (κ1) is 19.6. The molecule has 2 aliphatic rings. The van der Waals surface area contributed by atoms with E-state index in [1.807, 2.05) is 36.7 Å². The minimum atomic E-state index is 0.212. The molecule has 4 nitrogen and oxygen atoms in total. The zero-order chi connectivity index (χ0) is 21.9. The molecular formula is C27H24ClN3O. The highest BCUT2D eigenvalue weighted by Crippen LogP contribution is 2.48. The molecule has 0 bridgehead atoms. The first-order chi connectivity index (χ1) is 15.5. The van der Waals surface area contributed by atoms with Gasteiger partial charge in [-0.05, 0) is 60.1 Å². The quantitative estimate of drug-likeness (QED) is 0.350. The normalized spacial score (nSPS) is 21.8. The molecule has 0 atom stereocenters. The molecule has 32 heavy (non-hydrogen) atoms. The van der Waals surface area contributed by atoms with Gasteiger partial charge in [0, 0.05) is 16.1 Å². The van der Waals surface area contributed by atoms with E-state index in [1.165, 1.54) is 18.4 Å². The van der Waals surface area contributed by atoms with Crippen LogP contribution in [0.2, 0.25) is 5.02 Å². The summed E-state index contributed by atoms with van der Waals surface area (Å²) in [6.45, 7) is 5.19. The van der Waals surface area contributed by atoms with E-state index in [0.29, 0.717) is 11.6 Å². The lowest BCUT2D eigenvalue weighted by molar-refractivity contribution is 0.178. The second-order valence-electron chi connectivity index (χ2n) is 9.34. The Bertz CT molecular complexity index is 1340. The predicted molar refractivity (Wildman–Crippen MR) is 128 cm³/mol. The summed E-state index contributed by atoms with van der Waals surface area (Å²) in [5.74, 6) is 1.52. The van der Waals surface area contributed by atoms with Crippen molar-refractivity contribution in [2.24, 2.45) is 10.9 Å². The van der Waals surface area contributed by atoms with E-state index >= 15 is 0 Å². The summed E-state index contributed by atoms with van der Waals surface area (Å²) in [5, 5.41) is 0.710. The van der Waals surface area contributed by atoms with Crippen LogP contribution < -0.4 is 0 Å². The van der Waals surface area contributed by atoms with Crippen LogP contribution in [0.5, 0.6) is 0 Å². The van der Waals surface area contributed by atoms with Crippen molar-refractivity contribution in [3.63, 3.8) is 0 Å². The number of benzene rings is 2. The Morgan fingerprint density at radius 1 is 1.06 bits per heavy atom. The Kier molecular flexibility index (Phi) is 4.41. The van der Waals surface area contributed by atoms with E-state index < -0.39 is 0 Å². The minimum absolute atomic E-state index is 0.212. The highest BCUT2D eigenvalue weighted by molar-refractivity contribution is 6.35. The Balaban J connectivity index is 1.57. The molecule has 3 heterocycles. The predicted octanol–water partition coefficient (Wildman–Crippen LogP) is 6.82. The molecule has 160 valence electrons. The summed E-state index contributed by atoms with van der Waals surface area (Å²) in [7, 11) is 0. The van der Waals surface area contributed by atoms with Crippen LogP contribution in [-0.2, 0) is 12.0 Å². The van der Waals surface area contributed by atoms with E-state index in [-0.39, 0.29) is 5.41 Å². The fraction of sp³-hybridized carbons (Fsp3) is 0.259. The molecule has 1 aliphatic carbocycles. The fourth-order valence-corrected chi connectivity index (χ4v) is 5.72. The van der Waals surface area contributed by atoms with Crippen LogP contribution >= 0.6 is 11.6 Å². The average molecular weight is 442 g/mol. The Morgan fingerprint density at radius 3 is 2.66 bits per heavy atom. The molecule has 1 aliphatic heterocycles. The summed E-state index contributed by atoms with van der Waals surface area (Å²) in [5.41, 5.74) is 7.47. The van der Waals surface area contributed by atoms with Crippen LogP contribution in [0.1, 0.15) is 49.1 Å². The lowest BCUT2D eigenvalue weighted by Gasteiger charge is -2.44. The van der Waals surface area contributed by atoms with Gasteiger partial charge in [-0.3, -0.25) is 9.56 Å². The Hall–Kier alpha value is -3.11. The van der Waals surface area contributed by atoms with Gasteiger partial charge in [-0.1, -0.05) is 49.7 Å². The summed E-state index contributed by atoms with van der Waals surface area (Å²) in [6.07, 6.45) is 5.98. The molecular weight excluding hydrogens is 418 g/mol. The van der Waals surface area contributed by atoms with Gasteiger partial charge in [0.1, 0.15) is 12.0 Å². The molecule has 0 unspecified atom stereocenters. The van der Waals surface area contributed by atoms with E-state index in [1.54, 1.807) is 6.26 Å². The number of halogens is 1. The van der Waals surface area contributed by atoms with Crippen LogP contribution in [0.3, 0.4) is 0 Å².